The smallest absolute Gasteiger partial charge is 0.0474 e. The van der Waals surface area contributed by atoms with E-state index in [9.17, 15) is 5.11 Å². The number of hydrogen-bond acceptors (Lipinski definition) is 3. The average molecular weight is 262 g/mol. The number of rotatable bonds is 6. The van der Waals surface area contributed by atoms with Gasteiger partial charge in [-0.05, 0) is 36.3 Å². The van der Waals surface area contributed by atoms with Crippen LogP contribution < -0.4 is 11.1 Å². The van der Waals surface area contributed by atoms with Crippen LogP contribution in [0.1, 0.15) is 43.4 Å². The normalized spacial score (nSPS) is 24.6. The molecule has 1 saturated carbocycles. The Labute approximate surface area is 116 Å². The topological polar surface area (TPSA) is 58.3 Å². The molecule has 0 amide bonds. The molecule has 1 aliphatic rings. The molecule has 3 nitrogen and oxygen atoms in total. The number of aliphatic hydroxyl groups excluding tert-OH is 1. The van der Waals surface area contributed by atoms with E-state index in [2.05, 4.69) is 36.5 Å². The molecule has 0 aromatic heterocycles. The predicted octanol–water partition coefficient (Wildman–Crippen LogP) is 2.00. The number of hydrogen-bond donors (Lipinski definition) is 3. The third-order valence-corrected chi connectivity index (χ3v) is 4.36. The fourth-order valence-electron chi connectivity index (χ4n) is 3.21. The van der Waals surface area contributed by atoms with Crippen molar-refractivity contribution in [3.05, 3.63) is 35.4 Å². The summed E-state index contributed by atoms with van der Waals surface area (Å²) in [5.41, 5.74) is 8.65. The lowest BCUT2D eigenvalue weighted by Gasteiger charge is -2.27. The molecule has 0 bridgehead atoms. The van der Waals surface area contributed by atoms with Crippen molar-refractivity contribution in [3.8, 4) is 0 Å². The molecule has 3 unspecified atom stereocenters. The maximum atomic E-state index is 9.42. The van der Waals surface area contributed by atoms with Crippen LogP contribution in [0.4, 0.5) is 0 Å². The Kier molecular flexibility index (Phi) is 5.37. The molecule has 1 aromatic carbocycles. The second-order valence-electron chi connectivity index (χ2n) is 5.49. The summed E-state index contributed by atoms with van der Waals surface area (Å²) >= 11 is 0. The van der Waals surface area contributed by atoms with Crippen molar-refractivity contribution in [3.63, 3.8) is 0 Å². The molecule has 1 aromatic rings. The lowest BCUT2D eigenvalue weighted by Crippen LogP contribution is -2.40. The fraction of sp³-hybridized carbons (Fsp3) is 0.625. The zero-order valence-corrected chi connectivity index (χ0v) is 11.8. The molecule has 2 rings (SSSR count). The highest BCUT2D eigenvalue weighted by Gasteiger charge is 2.28. The minimum Gasteiger partial charge on any atom is -0.396 e. The Bertz CT molecular complexity index is 394. The molecule has 19 heavy (non-hydrogen) atoms. The standard InChI is InChI=1S/C16H26N2O/c1-2-12-6-3-4-8-14(12)16(10-17)18-15-9-5-7-13(15)11-19/h3-4,6,8,13,15-16,18-19H,2,5,7,9-11,17H2,1H3. The number of benzene rings is 1. The maximum absolute atomic E-state index is 9.42. The summed E-state index contributed by atoms with van der Waals surface area (Å²) in [4.78, 5) is 0. The van der Waals surface area contributed by atoms with E-state index in [-0.39, 0.29) is 12.6 Å². The highest BCUT2D eigenvalue weighted by atomic mass is 16.3. The van der Waals surface area contributed by atoms with Crippen molar-refractivity contribution in [2.45, 2.75) is 44.7 Å². The fourth-order valence-corrected chi connectivity index (χ4v) is 3.21. The maximum Gasteiger partial charge on any atom is 0.0474 e. The first-order chi connectivity index (χ1) is 9.30. The first kappa shape index (κ1) is 14.5. The highest BCUT2D eigenvalue weighted by molar-refractivity contribution is 5.30. The van der Waals surface area contributed by atoms with Crippen molar-refractivity contribution >= 4 is 0 Å². The lowest BCUT2D eigenvalue weighted by molar-refractivity contribution is 0.199. The van der Waals surface area contributed by atoms with Gasteiger partial charge < -0.3 is 16.2 Å². The zero-order valence-electron chi connectivity index (χ0n) is 11.8. The Balaban J connectivity index is 2.11. The van der Waals surface area contributed by atoms with Crippen LogP contribution in [0.3, 0.4) is 0 Å². The van der Waals surface area contributed by atoms with E-state index in [0.29, 0.717) is 18.5 Å². The van der Waals surface area contributed by atoms with Crippen molar-refractivity contribution < 1.29 is 5.11 Å². The summed E-state index contributed by atoms with van der Waals surface area (Å²) in [6.45, 7) is 3.06. The molecular weight excluding hydrogens is 236 g/mol. The number of aliphatic hydroxyl groups is 1. The second kappa shape index (κ2) is 7.04. The summed E-state index contributed by atoms with van der Waals surface area (Å²) in [7, 11) is 0. The zero-order chi connectivity index (χ0) is 13.7. The van der Waals surface area contributed by atoms with Crippen LogP contribution >= 0.6 is 0 Å². The summed E-state index contributed by atoms with van der Waals surface area (Å²) in [6, 6.07) is 9.13. The summed E-state index contributed by atoms with van der Waals surface area (Å²) < 4.78 is 0. The van der Waals surface area contributed by atoms with Gasteiger partial charge in [-0.2, -0.15) is 0 Å². The Hall–Kier alpha value is -0.900. The van der Waals surface area contributed by atoms with Gasteiger partial charge in [0.2, 0.25) is 0 Å². The molecule has 1 aliphatic carbocycles. The number of aryl methyl sites for hydroxylation is 1. The van der Waals surface area contributed by atoms with Crippen LogP contribution in [0.15, 0.2) is 24.3 Å². The van der Waals surface area contributed by atoms with Gasteiger partial charge >= 0.3 is 0 Å². The van der Waals surface area contributed by atoms with Gasteiger partial charge in [-0.25, -0.2) is 0 Å². The monoisotopic (exact) mass is 262 g/mol. The Morgan fingerprint density at radius 3 is 2.84 bits per heavy atom. The first-order valence-corrected chi connectivity index (χ1v) is 7.44. The van der Waals surface area contributed by atoms with Gasteiger partial charge in [0, 0.05) is 25.2 Å². The third-order valence-electron chi connectivity index (χ3n) is 4.36. The highest BCUT2D eigenvalue weighted by Crippen LogP contribution is 2.28. The molecular formula is C16H26N2O. The van der Waals surface area contributed by atoms with Crippen LogP contribution in [0, 0.1) is 5.92 Å². The molecule has 3 heteroatoms. The first-order valence-electron chi connectivity index (χ1n) is 7.44. The molecule has 3 atom stereocenters. The van der Waals surface area contributed by atoms with Crippen LogP contribution in [-0.2, 0) is 6.42 Å². The Morgan fingerprint density at radius 1 is 1.37 bits per heavy atom. The molecule has 0 saturated heterocycles. The van der Waals surface area contributed by atoms with E-state index < -0.39 is 0 Å². The van der Waals surface area contributed by atoms with Crippen molar-refractivity contribution in [1.29, 1.82) is 0 Å². The number of nitrogens with two attached hydrogens (primary N) is 1. The van der Waals surface area contributed by atoms with Gasteiger partial charge in [0.25, 0.3) is 0 Å². The van der Waals surface area contributed by atoms with E-state index in [1.54, 1.807) is 0 Å². The molecule has 0 heterocycles. The molecule has 0 spiro atoms. The van der Waals surface area contributed by atoms with Crippen molar-refractivity contribution in [1.82, 2.24) is 5.32 Å². The third kappa shape index (κ3) is 3.35. The van der Waals surface area contributed by atoms with E-state index in [1.165, 1.54) is 17.5 Å². The van der Waals surface area contributed by atoms with E-state index in [4.69, 9.17) is 5.73 Å². The summed E-state index contributed by atoms with van der Waals surface area (Å²) in [6.07, 6.45) is 4.51. The van der Waals surface area contributed by atoms with Crippen LogP contribution in [0.5, 0.6) is 0 Å². The number of nitrogens with one attached hydrogen (secondary N) is 1. The minimum absolute atomic E-state index is 0.202. The van der Waals surface area contributed by atoms with E-state index in [1.807, 2.05) is 0 Å². The average Bonchev–Trinajstić information content (AvgIpc) is 2.92. The summed E-state index contributed by atoms with van der Waals surface area (Å²) in [5.74, 6) is 0.392. The van der Waals surface area contributed by atoms with Gasteiger partial charge in [-0.3, -0.25) is 0 Å². The van der Waals surface area contributed by atoms with E-state index in [0.717, 1.165) is 19.3 Å². The van der Waals surface area contributed by atoms with Crippen molar-refractivity contribution in [2.75, 3.05) is 13.2 Å². The summed E-state index contributed by atoms with van der Waals surface area (Å²) in [5, 5.41) is 13.1. The van der Waals surface area contributed by atoms with Gasteiger partial charge in [0.15, 0.2) is 0 Å². The van der Waals surface area contributed by atoms with Gasteiger partial charge in [-0.15, -0.1) is 0 Å². The van der Waals surface area contributed by atoms with Gasteiger partial charge in [0.05, 0.1) is 0 Å². The van der Waals surface area contributed by atoms with Crippen LogP contribution in [-0.4, -0.2) is 24.3 Å². The molecule has 4 N–H and O–H groups in total. The van der Waals surface area contributed by atoms with E-state index >= 15 is 0 Å². The molecule has 0 aliphatic heterocycles. The van der Waals surface area contributed by atoms with Gasteiger partial charge in [-0.1, -0.05) is 37.6 Å². The predicted molar refractivity (Wildman–Crippen MR) is 79.0 cm³/mol. The van der Waals surface area contributed by atoms with Gasteiger partial charge in [0.1, 0.15) is 0 Å². The SMILES string of the molecule is CCc1ccccc1C(CN)NC1CCCC1CO. The largest absolute Gasteiger partial charge is 0.396 e. The quantitative estimate of drug-likeness (QED) is 0.735. The van der Waals surface area contributed by atoms with Crippen LogP contribution in [0.25, 0.3) is 0 Å². The van der Waals surface area contributed by atoms with Crippen LogP contribution in [0.2, 0.25) is 0 Å². The van der Waals surface area contributed by atoms with Crippen molar-refractivity contribution in [2.24, 2.45) is 11.7 Å². The Morgan fingerprint density at radius 2 is 2.16 bits per heavy atom. The molecule has 1 fully saturated rings. The second-order valence-corrected chi connectivity index (χ2v) is 5.49. The molecule has 106 valence electrons. The lowest BCUT2D eigenvalue weighted by atomic mass is 9.96. The minimum atomic E-state index is 0.202. The molecule has 0 radical (unpaired) electrons.